The zero-order valence-electron chi connectivity index (χ0n) is 7.98. The fourth-order valence-corrected chi connectivity index (χ4v) is 2.83. The van der Waals surface area contributed by atoms with E-state index in [4.69, 9.17) is 4.74 Å². The van der Waals surface area contributed by atoms with E-state index in [1.54, 1.807) is 6.92 Å². The van der Waals surface area contributed by atoms with Gasteiger partial charge in [-0.15, -0.1) is 0 Å². The summed E-state index contributed by atoms with van der Waals surface area (Å²) in [5.41, 5.74) is -0.343. The quantitative estimate of drug-likeness (QED) is 0.833. The molecule has 0 saturated carbocycles. The van der Waals surface area contributed by atoms with E-state index < -0.39 is 7.53 Å². The summed E-state index contributed by atoms with van der Waals surface area (Å²) >= 11 is 0. The van der Waals surface area contributed by atoms with E-state index in [9.17, 15) is 14.7 Å². The Morgan fingerprint density at radius 2 is 2.21 bits per heavy atom. The van der Waals surface area contributed by atoms with Crippen LogP contribution in [-0.2, 0) is 0 Å². The summed E-state index contributed by atoms with van der Waals surface area (Å²) in [6.45, 7) is 1.71. The van der Waals surface area contributed by atoms with Crippen molar-refractivity contribution in [2.75, 3.05) is 7.11 Å². The molecule has 5 heteroatoms. The van der Waals surface area contributed by atoms with E-state index in [0.29, 0.717) is 6.42 Å². The van der Waals surface area contributed by atoms with Gasteiger partial charge in [0.1, 0.15) is 5.48 Å². The van der Waals surface area contributed by atoms with E-state index in [2.05, 4.69) is 0 Å². The number of hydrogen-bond acceptors (Lipinski definition) is 4. The molecule has 0 bridgehead atoms. The van der Waals surface area contributed by atoms with Gasteiger partial charge in [-0.2, -0.15) is 0 Å². The molecule has 1 aromatic rings. The minimum absolute atomic E-state index is 0.102. The first-order valence-electron chi connectivity index (χ1n) is 4.13. The van der Waals surface area contributed by atoms with Crippen molar-refractivity contribution in [3.05, 3.63) is 22.4 Å². The van der Waals surface area contributed by atoms with Gasteiger partial charge in [0.05, 0.1) is 7.11 Å². The Morgan fingerprint density at radius 1 is 1.57 bits per heavy atom. The number of aromatic hydroxyl groups is 1. The van der Waals surface area contributed by atoms with Crippen LogP contribution in [0, 0.1) is 0 Å². The van der Waals surface area contributed by atoms with Crippen LogP contribution < -0.4 is 10.2 Å². The molecule has 0 saturated heterocycles. The molecule has 14 heavy (non-hydrogen) atoms. The predicted octanol–water partition coefficient (Wildman–Crippen LogP) is 1.80. The van der Waals surface area contributed by atoms with Crippen LogP contribution in [0.3, 0.4) is 0 Å². The Bertz CT molecular complexity index is 408. The minimum Gasteiger partial charge on any atom is -0.504 e. The van der Waals surface area contributed by atoms with Gasteiger partial charge in [0.25, 0.3) is 0 Å². The summed E-state index contributed by atoms with van der Waals surface area (Å²) in [6.07, 6.45) is 0.318. The van der Waals surface area contributed by atoms with Gasteiger partial charge in [0, 0.05) is 26.1 Å². The molecule has 0 fully saturated rings. The van der Waals surface area contributed by atoms with Crippen LogP contribution in [0.25, 0.3) is 0 Å². The first kappa shape index (κ1) is 10.8. The van der Waals surface area contributed by atoms with Gasteiger partial charge in [-0.05, 0) is 0 Å². The van der Waals surface area contributed by atoms with Crippen molar-refractivity contribution in [3.8, 4) is 11.0 Å². The molecular formula is C9H11O4P. The van der Waals surface area contributed by atoms with Crippen molar-refractivity contribution in [2.45, 2.75) is 13.3 Å². The molecular weight excluding hydrogens is 203 g/mol. The maximum atomic E-state index is 11.4. The third-order valence-corrected chi connectivity index (χ3v) is 3.90. The van der Waals surface area contributed by atoms with Crippen LogP contribution in [0.15, 0.2) is 16.9 Å². The zero-order valence-corrected chi connectivity index (χ0v) is 8.88. The van der Waals surface area contributed by atoms with Gasteiger partial charge in [-0.25, -0.2) is 0 Å². The van der Waals surface area contributed by atoms with Gasteiger partial charge in [0.15, 0.2) is 16.4 Å². The van der Waals surface area contributed by atoms with E-state index in [1.165, 1.54) is 13.2 Å². The number of carbonyl (C=O) groups is 1. The summed E-state index contributed by atoms with van der Waals surface area (Å²) in [5.74, 6) is 0. The lowest BCUT2D eigenvalue weighted by Gasteiger charge is -2.07. The van der Waals surface area contributed by atoms with E-state index >= 15 is 0 Å². The molecule has 4 nitrogen and oxygen atoms in total. The topological polar surface area (TPSA) is 63.6 Å². The number of carbonyl (C=O) groups excluding carboxylic acids is 1. The fraction of sp³-hybridized carbons (Fsp3) is 0.333. The predicted molar refractivity (Wildman–Crippen MR) is 54.6 cm³/mol. The third-order valence-electron chi connectivity index (χ3n) is 1.75. The van der Waals surface area contributed by atoms with Gasteiger partial charge >= 0.3 is 0 Å². The molecule has 0 aromatic carbocycles. The maximum absolute atomic E-state index is 11.4. The molecule has 1 unspecified atom stereocenters. The highest BCUT2D eigenvalue weighted by Crippen LogP contribution is 2.48. The Morgan fingerprint density at radius 3 is 2.71 bits per heavy atom. The number of methoxy groups -OCH3 is 1. The van der Waals surface area contributed by atoms with E-state index in [-0.39, 0.29) is 21.9 Å². The van der Waals surface area contributed by atoms with Crippen LogP contribution in [-0.4, -0.2) is 17.7 Å². The summed E-state index contributed by atoms with van der Waals surface area (Å²) < 4.78 is 4.91. The molecule has 1 rings (SSSR count). The second kappa shape index (κ2) is 4.29. The van der Waals surface area contributed by atoms with Crippen LogP contribution >= 0.6 is 7.53 Å². The van der Waals surface area contributed by atoms with Crippen molar-refractivity contribution in [2.24, 2.45) is 0 Å². The Labute approximate surface area is 82.2 Å². The molecule has 76 valence electrons. The lowest BCUT2D eigenvalue weighted by Crippen LogP contribution is -1.99. The summed E-state index contributed by atoms with van der Waals surface area (Å²) in [6, 6.07) is 2.32. The molecule has 1 aromatic heterocycles. The molecule has 1 heterocycles. The smallest absolute Gasteiger partial charge is 0.186 e. The Kier molecular flexibility index (Phi) is 3.31. The van der Waals surface area contributed by atoms with Gasteiger partial charge in [0.2, 0.25) is 0 Å². The Balaban J connectivity index is 3.39. The summed E-state index contributed by atoms with van der Waals surface area (Å²) in [5, 5.41) is 9.47. The molecule has 1 atom stereocenters. The Hall–Kier alpha value is -1.28. The third kappa shape index (κ3) is 1.96. The van der Waals surface area contributed by atoms with Gasteiger partial charge < -0.3 is 9.84 Å². The average Bonchev–Trinajstić information content (AvgIpc) is 2.15. The first-order valence-corrected chi connectivity index (χ1v) is 5.47. The number of rotatable bonds is 3. The van der Waals surface area contributed by atoms with Gasteiger partial charge in [-0.1, -0.05) is 6.92 Å². The van der Waals surface area contributed by atoms with E-state index in [1.807, 2.05) is 0 Å². The minimum atomic E-state index is -1.49. The van der Waals surface area contributed by atoms with Crippen molar-refractivity contribution in [1.29, 1.82) is 0 Å². The molecule has 0 aliphatic heterocycles. The van der Waals surface area contributed by atoms with Crippen molar-refractivity contribution < 1.29 is 14.6 Å². The molecule has 0 aliphatic carbocycles. The zero-order chi connectivity index (χ0) is 10.7. The highest BCUT2D eigenvalue weighted by Gasteiger charge is 2.15. The van der Waals surface area contributed by atoms with Crippen LogP contribution in [0.5, 0.6) is 11.0 Å². The van der Waals surface area contributed by atoms with Crippen LogP contribution in [0.4, 0.5) is 0 Å². The average molecular weight is 214 g/mol. The highest BCUT2D eigenvalue weighted by atomic mass is 31.1. The summed E-state index contributed by atoms with van der Waals surface area (Å²) in [4.78, 5) is 22.5. The van der Waals surface area contributed by atoms with E-state index in [0.717, 1.165) is 6.07 Å². The van der Waals surface area contributed by atoms with Crippen molar-refractivity contribution in [1.82, 2.24) is 0 Å². The summed E-state index contributed by atoms with van der Waals surface area (Å²) in [7, 11) is -0.104. The van der Waals surface area contributed by atoms with Crippen molar-refractivity contribution >= 4 is 13.1 Å². The molecule has 1 N–H and O–H groups in total. The second-order valence-electron chi connectivity index (χ2n) is 2.67. The van der Waals surface area contributed by atoms with Crippen LogP contribution in [0.1, 0.15) is 18.1 Å². The lowest BCUT2D eigenvalue weighted by atomic mass is 10.5. The number of hydrogen-bond donors (Lipinski definition) is 1. The molecule has 0 aliphatic rings. The van der Waals surface area contributed by atoms with Crippen molar-refractivity contribution in [3.63, 3.8) is 0 Å². The molecule has 0 amide bonds. The normalized spacial score (nSPS) is 11.1. The second-order valence-corrected chi connectivity index (χ2v) is 4.74. The monoisotopic (exact) mass is 214 g/mol. The fourth-order valence-electron chi connectivity index (χ4n) is 1.09. The molecule has 0 radical (unpaired) electrons. The van der Waals surface area contributed by atoms with Crippen LogP contribution in [0.2, 0.25) is 0 Å². The largest absolute Gasteiger partial charge is 0.504 e. The SMILES string of the molecule is CCC(=O)p1c(O)cc(=O)cc1OC. The molecule has 0 spiro atoms. The van der Waals surface area contributed by atoms with Gasteiger partial charge in [-0.3, -0.25) is 9.59 Å². The maximum Gasteiger partial charge on any atom is 0.186 e. The lowest BCUT2D eigenvalue weighted by molar-refractivity contribution is 0.104. The standard InChI is InChI=1S/C9H11O4P/c1-3-7(11)14-8(12)4-6(10)5-9(14)13-2/h4-5,12H,3H2,1-2H3. The number of ether oxygens (including phenoxy) is 1. The first-order chi connectivity index (χ1) is 6.60. The highest BCUT2D eigenvalue weighted by molar-refractivity contribution is 7.71.